The van der Waals surface area contributed by atoms with E-state index in [2.05, 4.69) is 0 Å². The van der Waals surface area contributed by atoms with Gasteiger partial charge in [-0.15, -0.1) is 0 Å². The Morgan fingerprint density at radius 1 is 1.40 bits per heavy atom. The molecule has 0 radical (unpaired) electrons. The van der Waals surface area contributed by atoms with Crippen molar-refractivity contribution in [2.24, 2.45) is 5.92 Å². The molecule has 0 N–H and O–H groups in total. The van der Waals surface area contributed by atoms with Crippen LogP contribution in [-0.4, -0.2) is 49.5 Å². The maximum atomic E-state index is 10.3. The minimum atomic E-state index is -1.58. The van der Waals surface area contributed by atoms with Gasteiger partial charge in [0.1, 0.15) is 5.97 Å². The van der Waals surface area contributed by atoms with Crippen LogP contribution in [0.3, 0.4) is 0 Å². The molecule has 0 aromatic carbocycles. The molecular weight excluding hydrogens is 160 g/mol. The standard InChI is InChI=1S/C6H10O3.Ca/c1-4(2)3-5(7)6(8)9;/h4H,3H2,1-2H3,(H,8,9);/q;+2/p-1. The van der Waals surface area contributed by atoms with E-state index in [4.69, 9.17) is 0 Å². The molecule has 0 spiro atoms. The number of hydrogen-bond acceptors (Lipinski definition) is 3. The smallest absolute Gasteiger partial charge is 0.542 e. The van der Waals surface area contributed by atoms with Gasteiger partial charge in [-0.1, -0.05) is 13.8 Å². The molecule has 0 rings (SSSR count). The van der Waals surface area contributed by atoms with Crippen molar-refractivity contribution in [1.29, 1.82) is 0 Å². The van der Waals surface area contributed by atoms with Crippen LogP contribution < -0.4 is 5.11 Å². The van der Waals surface area contributed by atoms with E-state index < -0.39 is 11.8 Å². The Morgan fingerprint density at radius 3 is 1.90 bits per heavy atom. The summed E-state index contributed by atoms with van der Waals surface area (Å²) in [6, 6.07) is 0. The van der Waals surface area contributed by atoms with Crippen LogP contribution >= 0.6 is 0 Å². The van der Waals surface area contributed by atoms with Gasteiger partial charge in [-0.25, -0.2) is 0 Å². The van der Waals surface area contributed by atoms with E-state index in [-0.39, 0.29) is 50.1 Å². The number of carboxylic acid groups (broad SMARTS) is 1. The van der Waals surface area contributed by atoms with Gasteiger partial charge in [0, 0.05) is 6.42 Å². The van der Waals surface area contributed by atoms with Crippen LogP contribution in [0.25, 0.3) is 0 Å². The van der Waals surface area contributed by atoms with Crippen molar-refractivity contribution in [3.63, 3.8) is 0 Å². The maximum Gasteiger partial charge on any atom is 2.00 e. The molecule has 10 heavy (non-hydrogen) atoms. The van der Waals surface area contributed by atoms with E-state index >= 15 is 0 Å². The molecule has 0 fully saturated rings. The Hall–Kier alpha value is 0.400. The van der Waals surface area contributed by atoms with E-state index in [0.29, 0.717) is 0 Å². The minimum Gasteiger partial charge on any atom is -0.542 e. The summed E-state index contributed by atoms with van der Waals surface area (Å²) in [7, 11) is 0. The van der Waals surface area contributed by atoms with Gasteiger partial charge in [-0.2, -0.15) is 0 Å². The molecule has 0 unspecified atom stereocenters. The third kappa shape index (κ3) is 6.52. The fraction of sp³-hybridized carbons (Fsp3) is 0.667. The zero-order valence-electron chi connectivity index (χ0n) is 6.22. The van der Waals surface area contributed by atoms with Gasteiger partial charge in [0.15, 0.2) is 5.78 Å². The summed E-state index contributed by atoms with van der Waals surface area (Å²) in [6.45, 7) is 3.56. The first-order chi connectivity index (χ1) is 4.04. The van der Waals surface area contributed by atoms with Gasteiger partial charge in [0.05, 0.1) is 0 Å². The normalized spacial score (nSPS) is 8.70. The maximum absolute atomic E-state index is 10.3. The number of rotatable bonds is 3. The van der Waals surface area contributed by atoms with Crippen molar-refractivity contribution in [1.82, 2.24) is 0 Å². The van der Waals surface area contributed by atoms with E-state index in [1.807, 2.05) is 0 Å². The Bertz CT molecular complexity index is 131. The van der Waals surface area contributed by atoms with Crippen LogP contribution in [-0.2, 0) is 9.59 Å². The Kier molecular flexibility index (Phi) is 7.99. The van der Waals surface area contributed by atoms with E-state index in [1.165, 1.54) is 0 Å². The molecular formula is C6H9CaO3+. The molecule has 0 aliphatic heterocycles. The monoisotopic (exact) mass is 169 g/mol. The number of aliphatic carboxylic acids is 1. The molecule has 0 aliphatic rings. The average Bonchev–Trinajstić information content (AvgIpc) is 1.63. The zero-order valence-corrected chi connectivity index (χ0v) is 8.42. The summed E-state index contributed by atoms with van der Waals surface area (Å²) in [4.78, 5) is 20.1. The van der Waals surface area contributed by atoms with E-state index in [0.717, 1.165) is 0 Å². The molecule has 0 heterocycles. The Balaban J connectivity index is 0. The fourth-order valence-electron chi connectivity index (χ4n) is 0.454. The second-order valence-electron chi connectivity index (χ2n) is 2.31. The number of carbonyl (C=O) groups is 2. The molecule has 0 atom stereocenters. The molecule has 0 bridgehead atoms. The molecule has 0 saturated heterocycles. The average molecular weight is 169 g/mol. The zero-order chi connectivity index (χ0) is 7.44. The number of carbonyl (C=O) groups excluding carboxylic acids is 2. The Morgan fingerprint density at radius 2 is 1.80 bits per heavy atom. The minimum absolute atomic E-state index is 0. The van der Waals surface area contributed by atoms with Crippen molar-refractivity contribution < 1.29 is 14.7 Å². The van der Waals surface area contributed by atoms with Crippen molar-refractivity contribution in [2.75, 3.05) is 0 Å². The van der Waals surface area contributed by atoms with Crippen molar-refractivity contribution in [3.8, 4) is 0 Å². The summed E-state index contributed by atoms with van der Waals surface area (Å²) in [5.74, 6) is -2.30. The SMILES string of the molecule is CC(C)CC(=O)C(=O)[O-].[Ca+2]. The number of hydrogen-bond donors (Lipinski definition) is 0. The van der Waals surface area contributed by atoms with Crippen LogP contribution in [0.4, 0.5) is 0 Å². The Labute approximate surface area is 89.8 Å². The van der Waals surface area contributed by atoms with Gasteiger partial charge in [-0.05, 0) is 5.92 Å². The predicted octanol–water partition coefficient (Wildman–Crippen LogP) is -1.03. The van der Waals surface area contributed by atoms with Crippen LogP contribution in [0, 0.1) is 5.92 Å². The molecule has 0 aromatic heterocycles. The molecule has 4 heteroatoms. The molecule has 0 aliphatic carbocycles. The summed E-state index contributed by atoms with van der Waals surface area (Å²) in [6.07, 6.45) is 0.0718. The van der Waals surface area contributed by atoms with Crippen LogP contribution in [0.1, 0.15) is 20.3 Å². The number of Topliss-reactive ketones (excluding diaryl/α,β-unsaturated/α-hetero) is 1. The molecule has 0 saturated carbocycles. The quantitative estimate of drug-likeness (QED) is 0.401. The van der Waals surface area contributed by atoms with Crippen LogP contribution in [0.2, 0.25) is 0 Å². The van der Waals surface area contributed by atoms with Crippen molar-refractivity contribution in [2.45, 2.75) is 20.3 Å². The first-order valence-corrected chi connectivity index (χ1v) is 2.78. The van der Waals surface area contributed by atoms with E-state index in [1.54, 1.807) is 13.8 Å². The van der Waals surface area contributed by atoms with Crippen LogP contribution in [0.15, 0.2) is 0 Å². The molecule has 52 valence electrons. The summed E-state index contributed by atoms with van der Waals surface area (Å²) < 4.78 is 0. The number of carboxylic acids is 1. The van der Waals surface area contributed by atoms with Gasteiger partial charge >= 0.3 is 37.7 Å². The van der Waals surface area contributed by atoms with Gasteiger partial charge < -0.3 is 9.90 Å². The topological polar surface area (TPSA) is 57.2 Å². The fourth-order valence-corrected chi connectivity index (χ4v) is 0.454. The third-order valence-electron chi connectivity index (χ3n) is 0.821. The second kappa shape index (κ2) is 6.13. The summed E-state index contributed by atoms with van der Waals surface area (Å²) in [5.41, 5.74) is 0. The van der Waals surface area contributed by atoms with E-state index in [9.17, 15) is 14.7 Å². The first-order valence-electron chi connectivity index (χ1n) is 2.78. The summed E-state index contributed by atoms with van der Waals surface area (Å²) >= 11 is 0. The molecule has 0 aromatic rings. The number of ketones is 1. The third-order valence-corrected chi connectivity index (χ3v) is 0.821. The second-order valence-corrected chi connectivity index (χ2v) is 2.31. The first kappa shape index (κ1) is 13.0. The van der Waals surface area contributed by atoms with Gasteiger partial charge in [0.2, 0.25) is 0 Å². The van der Waals surface area contributed by atoms with Crippen molar-refractivity contribution >= 4 is 49.5 Å². The van der Waals surface area contributed by atoms with Crippen LogP contribution in [0.5, 0.6) is 0 Å². The van der Waals surface area contributed by atoms with Gasteiger partial charge in [0.25, 0.3) is 0 Å². The molecule has 0 amide bonds. The largest absolute Gasteiger partial charge is 2.00 e. The summed E-state index contributed by atoms with van der Waals surface area (Å²) in [5, 5.41) is 9.77. The van der Waals surface area contributed by atoms with Crippen molar-refractivity contribution in [3.05, 3.63) is 0 Å². The van der Waals surface area contributed by atoms with Gasteiger partial charge in [-0.3, -0.25) is 4.79 Å². The predicted molar refractivity (Wildman–Crippen MR) is 35.2 cm³/mol. The molecule has 3 nitrogen and oxygen atoms in total.